The van der Waals surface area contributed by atoms with Crippen molar-refractivity contribution >= 4 is 18.0 Å². The first kappa shape index (κ1) is 30.6. The van der Waals surface area contributed by atoms with Crippen LogP contribution in [0, 0.1) is 18.8 Å². The highest BCUT2D eigenvalue weighted by Crippen LogP contribution is 2.43. The summed E-state index contributed by atoms with van der Waals surface area (Å²) in [5.74, 6) is -0.366. The summed E-state index contributed by atoms with van der Waals surface area (Å²) in [5.41, 5.74) is 9.01. The van der Waals surface area contributed by atoms with Crippen LogP contribution in [0.1, 0.15) is 80.4 Å². The molecule has 2 aliphatic rings. The topological polar surface area (TPSA) is 74.6 Å². The van der Waals surface area contributed by atoms with E-state index in [0.717, 1.165) is 18.4 Å². The van der Waals surface area contributed by atoms with Gasteiger partial charge in [0.25, 0.3) is 0 Å². The average molecular weight is 515 g/mol. The molecule has 0 amide bonds. The van der Waals surface area contributed by atoms with Crippen LogP contribution in [0.4, 0.5) is 0 Å². The fourth-order valence-electron chi connectivity index (χ4n) is 4.50. The highest BCUT2D eigenvalue weighted by atomic mass is 16.4. The summed E-state index contributed by atoms with van der Waals surface area (Å²) in [5, 5.41) is 16.6. The van der Waals surface area contributed by atoms with Gasteiger partial charge in [-0.2, -0.15) is 0 Å². The van der Waals surface area contributed by atoms with E-state index in [-0.39, 0.29) is 0 Å². The van der Waals surface area contributed by atoms with Crippen LogP contribution in [-0.2, 0) is 11.2 Å². The molecule has 2 N–H and O–H groups in total. The van der Waals surface area contributed by atoms with Crippen molar-refractivity contribution in [2.75, 3.05) is 0 Å². The van der Waals surface area contributed by atoms with Crippen LogP contribution in [0.5, 0.6) is 0 Å². The highest BCUT2D eigenvalue weighted by molar-refractivity contribution is 5.87. The van der Waals surface area contributed by atoms with Gasteiger partial charge in [0.2, 0.25) is 0 Å². The van der Waals surface area contributed by atoms with Gasteiger partial charge in [-0.1, -0.05) is 91.8 Å². The maximum absolute atomic E-state index is 10.3. The largest absolute Gasteiger partial charge is 0.481 e. The molecule has 2 aromatic carbocycles. The Balaban J connectivity index is 0.000000236. The lowest BCUT2D eigenvalue weighted by Crippen LogP contribution is -1.98. The Kier molecular flexibility index (Phi) is 12.5. The molecule has 1 unspecified atom stereocenters. The van der Waals surface area contributed by atoms with Crippen molar-refractivity contribution < 1.29 is 19.8 Å². The third kappa shape index (κ3) is 10.0. The SMILES string of the molecule is CC(C)CCC(=O)O.C\C=C/C=C1/CC(C2=Cc3ccccc3C2)C/C1=C/C.Cc1ccc(C(=O)O)cc1. The summed E-state index contributed by atoms with van der Waals surface area (Å²) in [6.45, 7) is 10.2. The molecule has 1 fully saturated rings. The van der Waals surface area contributed by atoms with Crippen molar-refractivity contribution in [3.63, 3.8) is 0 Å². The smallest absolute Gasteiger partial charge is 0.335 e. The molecule has 0 spiro atoms. The van der Waals surface area contributed by atoms with E-state index in [4.69, 9.17) is 10.2 Å². The van der Waals surface area contributed by atoms with Crippen LogP contribution in [0.25, 0.3) is 6.08 Å². The maximum atomic E-state index is 10.3. The quantitative estimate of drug-likeness (QED) is 0.404. The standard InChI is InChI=1S/C20H22.C8H8O2.C6H12O2/c1-3-5-8-16-12-19(11-15(16)4-2)20-13-17-9-6-7-10-18(17)14-20;1-6-2-4-7(5-3-6)8(9)10;1-5(2)3-4-6(7)8/h3-10,13,19H,11-12,14H2,1-2H3;2-5H,1H3,(H,9,10);5H,3-4H2,1-2H3,(H,7,8)/b5-3-,15-4-,16-8-;;. The zero-order valence-electron chi connectivity index (χ0n) is 23.4. The Morgan fingerprint density at radius 1 is 0.974 bits per heavy atom. The number of hydrogen-bond acceptors (Lipinski definition) is 2. The summed E-state index contributed by atoms with van der Waals surface area (Å²) < 4.78 is 0. The minimum absolute atomic E-state index is 0.303. The minimum atomic E-state index is -0.875. The second-order valence-corrected chi connectivity index (χ2v) is 10.2. The Labute approximate surface area is 228 Å². The predicted octanol–water partition coefficient (Wildman–Crippen LogP) is 8.69. The van der Waals surface area contributed by atoms with Crippen molar-refractivity contribution in [1.82, 2.24) is 0 Å². The zero-order chi connectivity index (χ0) is 28.1. The van der Waals surface area contributed by atoms with Gasteiger partial charge in [-0.05, 0) is 92.7 Å². The van der Waals surface area contributed by atoms with Crippen LogP contribution in [-0.4, -0.2) is 22.2 Å². The van der Waals surface area contributed by atoms with E-state index in [1.165, 1.54) is 35.1 Å². The van der Waals surface area contributed by atoms with Crippen molar-refractivity contribution in [2.24, 2.45) is 11.8 Å². The van der Waals surface area contributed by atoms with Gasteiger partial charge in [-0.3, -0.25) is 4.79 Å². The molecule has 4 heteroatoms. The first-order chi connectivity index (χ1) is 18.1. The van der Waals surface area contributed by atoms with E-state index >= 15 is 0 Å². The molecule has 38 heavy (non-hydrogen) atoms. The van der Waals surface area contributed by atoms with E-state index in [1.54, 1.807) is 29.8 Å². The summed E-state index contributed by atoms with van der Waals surface area (Å²) >= 11 is 0. The fourth-order valence-corrected chi connectivity index (χ4v) is 4.50. The number of aromatic carboxylic acids is 1. The van der Waals surface area contributed by atoms with E-state index in [1.807, 2.05) is 20.8 Å². The summed E-state index contributed by atoms with van der Waals surface area (Å²) in [7, 11) is 0. The zero-order valence-corrected chi connectivity index (χ0v) is 23.4. The number of allylic oxidation sites excluding steroid dienone is 7. The maximum Gasteiger partial charge on any atom is 0.335 e. The van der Waals surface area contributed by atoms with E-state index in [9.17, 15) is 9.59 Å². The lowest BCUT2D eigenvalue weighted by Gasteiger charge is -2.09. The van der Waals surface area contributed by atoms with Crippen LogP contribution in [0.3, 0.4) is 0 Å². The van der Waals surface area contributed by atoms with E-state index in [0.29, 0.717) is 23.8 Å². The molecule has 0 radical (unpaired) electrons. The lowest BCUT2D eigenvalue weighted by atomic mass is 9.95. The number of carboxylic acid groups (broad SMARTS) is 2. The second-order valence-electron chi connectivity index (χ2n) is 10.2. The number of carbonyl (C=O) groups is 2. The van der Waals surface area contributed by atoms with Gasteiger partial charge in [0, 0.05) is 6.42 Å². The van der Waals surface area contributed by atoms with Crippen LogP contribution >= 0.6 is 0 Å². The summed E-state index contributed by atoms with van der Waals surface area (Å²) in [6, 6.07) is 15.5. The van der Waals surface area contributed by atoms with Gasteiger partial charge in [0.1, 0.15) is 0 Å². The van der Waals surface area contributed by atoms with Crippen LogP contribution in [0.2, 0.25) is 0 Å². The van der Waals surface area contributed by atoms with Gasteiger partial charge in [-0.25, -0.2) is 4.79 Å². The molecule has 0 aliphatic heterocycles. The molecule has 0 heterocycles. The molecule has 1 saturated carbocycles. The van der Waals surface area contributed by atoms with Crippen LogP contribution in [0.15, 0.2) is 89.6 Å². The first-order valence-electron chi connectivity index (χ1n) is 13.4. The van der Waals surface area contributed by atoms with Crippen molar-refractivity contribution in [3.8, 4) is 0 Å². The molecule has 2 aliphatic carbocycles. The number of hydrogen-bond donors (Lipinski definition) is 2. The molecule has 0 saturated heterocycles. The lowest BCUT2D eigenvalue weighted by molar-refractivity contribution is -0.137. The molecule has 202 valence electrons. The van der Waals surface area contributed by atoms with Gasteiger partial charge < -0.3 is 10.2 Å². The molecular weight excluding hydrogens is 472 g/mol. The Morgan fingerprint density at radius 3 is 2.16 bits per heavy atom. The number of carboxylic acids is 2. The molecular formula is C34H42O4. The van der Waals surface area contributed by atoms with Gasteiger partial charge in [0.05, 0.1) is 5.56 Å². The summed E-state index contributed by atoms with van der Waals surface area (Å²) in [6.07, 6.45) is 15.9. The highest BCUT2D eigenvalue weighted by Gasteiger charge is 2.28. The minimum Gasteiger partial charge on any atom is -0.481 e. The van der Waals surface area contributed by atoms with Gasteiger partial charge in [-0.15, -0.1) is 0 Å². The molecule has 1 atom stereocenters. The van der Waals surface area contributed by atoms with Gasteiger partial charge in [0.15, 0.2) is 0 Å². The van der Waals surface area contributed by atoms with Crippen molar-refractivity contribution in [2.45, 2.75) is 66.7 Å². The third-order valence-electron chi connectivity index (χ3n) is 6.73. The van der Waals surface area contributed by atoms with Crippen molar-refractivity contribution in [3.05, 3.63) is 112 Å². The monoisotopic (exact) mass is 514 g/mol. The van der Waals surface area contributed by atoms with Crippen molar-refractivity contribution in [1.29, 1.82) is 0 Å². The third-order valence-corrected chi connectivity index (χ3v) is 6.73. The fraction of sp³-hybridized carbons (Fsp3) is 0.353. The second kappa shape index (κ2) is 15.6. The predicted molar refractivity (Wildman–Crippen MR) is 157 cm³/mol. The molecule has 2 aromatic rings. The molecule has 0 bridgehead atoms. The number of aryl methyl sites for hydroxylation is 1. The normalized spacial score (nSPS) is 18.1. The number of benzene rings is 2. The molecule has 4 nitrogen and oxygen atoms in total. The number of aliphatic carboxylic acids is 1. The summed E-state index contributed by atoms with van der Waals surface area (Å²) in [4.78, 5) is 20.2. The first-order valence-corrected chi connectivity index (χ1v) is 13.4. The van der Waals surface area contributed by atoms with E-state index in [2.05, 4.69) is 68.5 Å². The Bertz CT molecular complexity index is 1190. The number of fused-ring (bicyclic) bond motifs is 1. The van der Waals surface area contributed by atoms with E-state index < -0.39 is 11.9 Å². The molecule has 0 aromatic heterocycles. The van der Waals surface area contributed by atoms with Gasteiger partial charge >= 0.3 is 11.9 Å². The van der Waals surface area contributed by atoms with Crippen LogP contribution < -0.4 is 0 Å². The Hall–Kier alpha value is -3.66. The average Bonchev–Trinajstić information content (AvgIpc) is 3.51. The molecule has 4 rings (SSSR count). The Morgan fingerprint density at radius 2 is 1.63 bits per heavy atom. The number of rotatable bonds is 6.